The van der Waals surface area contributed by atoms with Crippen molar-refractivity contribution in [3.8, 4) is 0 Å². The van der Waals surface area contributed by atoms with Crippen LogP contribution < -0.4 is 5.32 Å². The third-order valence-corrected chi connectivity index (χ3v) is 3.13. The molecule has 0 aliphatic carbocycles. The second-order valence-corrected chi connectivity index (χ2v) is 4.88. The molecule has 6 heteroatoms. The predicted molar refractivity (Wildman–Crippen MR) is 73.9 cm³/mol. The number of nitrogens with one attached hydrogen (secondary N) is 1. The third kappa shape index (κ3) is 3.01. The van der Waals surface area contributed by atoms with Gasteiger partial charge in [0.1, 0.15) is 18.0 Å². The summed E-state index contributed by atoms with van der Waals surface area (Å²) in [6.45, 7) is 10.8. The van der Waals surface area contributed by atoms with Gasteiger partial charge in [-0.3, -0.25) is 0 Å². The van der Waals surface area contributed by atoms with Gasteiger partial charge >= 0.3 is 0 Å². The van der Waals surface area contributed by atoms with Gasteiger partial charge in [-0.2, -0.15) is 5.10 Å². The molecule has 0 aliphatic heterocycles. The Labute approximate surface area is 113 Å². The quantitative estimate of drug-likeness (QED) is 0.857. The molecule has 0 amide bonds. The third-order valence-electron chi connectivity index (χ3n) is 3.13. The Morgan fingerprint density at radius 2 is 2.11 bits per heavy atom. The summed E-state index contributed by atoms with van der Waals surface area (Å²) >= 11 is 0. The average Bonchev–Trinajstić information content (AvgIpc) is 2.96. The van der Waals surface area contributed by atoms with E-state index in [1.54, 1.807) is 6.33 Å². The summed E-state index contributed by atoms with van der Waals surface area (Å²) in [4.78, 5) is 8.75. The van der Waals surface area contributed by atoms with Gasteiger partial charge in [-0.05, 0) is 27.3 Å². The van der Waals surface area contributed by atoms with Crippen molar-refractivity contribution in [1.82, 2.24) is 29.6 Å². The average molecular weight is 262 g/mol. The Balaban J connectivity index is 2.22. The van der Waals surface area contributed by atoms with E-state index in [-0.39, 0.29) is 0 Å². The van der Waals surface area contributed by atoms with Crippen molar-refractivity contribution in [1.29, 1.82) is 0 Å². The Kier molecular flexibility index (Phi) is 4.31. The van der Waals surface area contributed by atoms with Crippen LogP contribution in [0.3, 0.4) is 0 Å². The van der Waals surface area contributed by atoms with Crippen molar-refractivity contribution in [3.05, 3.63) is 29.9 Å². The van der Waals surface area contributed by atoms with Crippen molar-refractivity contribution < 1.29 is 0 Å². The molecular formula is C13H22N6. The molecule has 0 unspecified atom stereocenters. The molecule has 2 aromatic rings. The van der Waals surface area contributed by atoms with Gasteiger partial charge in [-0.1, -0.05) is 6.92 Å². The Bertz CT molecular complexity index is 525. The van der Waals surface area contributed by atoms with Gasteiger partial charge in [0.05, 0.1) is 12.2 Å². The highest BCUT2D eigenvalue weighted by Gasteiger charge is 2.12. The lowest BCUT2D eigenvalue weighted by Crippen LogP contribution is -2.18. The lowest BCUT2D eigenvalue weighted by atomic mass is 10.4. The van der Waals surface area contributed by atoms with E-state index in [0.29, 0.717) is 12.6 Å². The van der Waals surface area contributed by atoms with E-state index in [4.69, 9.17) is 0 Å². The number of aryl methyl sites for hydroxylation is 1. The van der Waals surface area contributed by atoms with E-state index in [0.717, 1.165) is 24.7 Å². The first-order valence-corrected chi connectivity index (χ1v) is 6.73. The van der Waals surface area contributed by atoms with Crippen LogP contribution in [0, 0.1) is 6.92 Å². The van der Waals surface area contributed by atoms with Crippen molar-refractivity contribution in [2.24, 2.45) is 0 Å². The molecule has 1 N–H and O–H groups in total. The van der Waals surface area contributed by atoms with E-state index >= 15 is 0 Å². The van der Waals surface area contributed by atoms with Crippen molar-refractivity contribution >= 4 is 0 Å². The highest BCUT2D eigenvalue weighted by Crippen LogP contribution is 2.11. The predicted octanol–water partition coefficient (Wildman–Crippen LogP) is 1.52. The highest BCUT2D eigenvalue weighted by atomic mass is 15.4. The molecule has 0 atom stereocenters. The zero-order chi connectivity index (χ0) is 13.8. The standard InChI is InChI=1S/C13H22N6/c1-5-14-6-12-7-15-11(4)18(12)8-13-16-9-17-19(13)10(2)3/h7,9-10,14H,5-6,8H2,1-4H3. The second kappa shape index (κ2) is 5.97. The number of aromatic nitrogens is 5. The molecule has 6 nitrogen and oxygen atoms in total. The lowest BCUT2D eigenvalue weighted by molar-refractivity contribution is 0.490. The van der Waals surface area contributed by atoms with Gasteiger partial charge in [0.2, 0.25) is 0 Å². The normalized spacial score (nSPS) is 11.4. The molecule has 19 heavy (non-hydrogen) atoms. The Morgan fingerprint density at radius 1 is 1.32 bits per heavy atom. The van der Waals surface area contributed by atoms with Gasteiger partial charge in [0, 0.05) is 18.8 Å². The molecule has 2 heterocycles. The van der Waals surface area contributed by atoms with Crippen LogP contribution in [0.5, 0.6) is 0 Å². The van der Waals surface area contributed by atoms with Gasteiger partial charge in [-0.25, -0.2) is 14.6 Å². The van der Waals surface area contributed by atoms with Crippen LogP contribution in [0.4, 0.5) is 0 Å². The highest BCUT2D eigenvalue weighted by molar-refractivity contribution is 5.07. The van der Waals surface area contributed by atoms with Crippen molar-refractivity contribution in [2.75, 3.05) is 6.54 Å². The zero-order valence-electron chi connectivity index (χ0n) is 12.1. The maximum Gasteiger partial charge on any atom is 0.147 e. The van der Waals surface area contributed by atoms with Crippen LogP contribution in [0.1, 0.15) is 44.2 Å². The first-order chi connectivity index (χ1) is 9.13. The second-order valence-electron chi connectivity index (χ2n) is 4.88. The van der Waals surface area contributed by atoms with E-state index in [1.165, 1.54) is 5.69 Å². The molecule has 0 spiro atoms. The van der Waals surface area contributed by atoms with Crippen LogP contribution in [0.25, 0.3) is 0 Å². The molecule has 2 rings (SSSR count). The summed E-state index contributed by atoms with van der Waals surface area (Å²) in [5, 5.41) is 7.61. The van der Waals surface area contributed by atoms with E-state index in [2.05, 4.69) is 45.7 Å². The summed E-state index contributed by atoms with van der Waals surface area (Å²) in [5.41, 5.74) is 1.18. The Hall–Kier alpha value is -1.69. The number of hydrogen-bond acceptors (Lipinski definition) is 4. The first kappa shape index (κ1) is 13.7. The zero-order valence-corrected chi connectivity index (χ0v) is 12.1. The number of hydrogen-bond donors (Lipinski definition) is 1. The fraction of sp³-hybridized carbons (Fsp3) is 0.615. The molecule has 0 saturated carbocycles. The van der Waals surface area contributed by atoms with E-state index < -0.39 is 0 Å². The van der Waals surface area contributed by atoms with Crippen LogP contribution in [0.2, 0.25) is 0 Å². The minimum Gasteiger partial charge on any atom is -0.323 e. The van der Waals surface area contributed by atoms with Crippen LogP contribution in [-0.2, 0) is 13.1 Å². The van der Waals surface area contributed by atoms with Gasteiger partial charge in [0.15, 0.2) is 0 Å². The fourth-order valence-electron chi connectivity index (χ4n) is 2.09. The largest absolute Gasteiger partial charge is 0.323 e. The monoisotopic (exact) mass is 262 g/mol. The molecule has 0 radical (unpaired) electrons. The minimum absolute atomic E-state index is 0.318. The fourth-order valence-corrected chi connectivity index (χ4v) is 2.09. The van der Waals surface area contributed by atoms with E-state index in [1.807, 2.05) is 17.8 Å². The molecular weight excluding hydrogens is 240 g/mol. The molecule has 0 bridgehead atoms. The SMILES string of the molecule is CCNCc1cnc(C)n1Cc1ncnn1C(C)C. The maximum absolute atomic E-state index is 4.39. The molecule has 0 aromatic carbocycles. The van der Waals surface area contributed by atoms with Crippen molar-refractivity contribution in [2.45, 2.75) is 46.8 Å². The lowest BCUT2D eigenvalue weighted by Gasteiger charge is -2.13. The van der Waals surface area contributed by atoms with Gasteiger partial charge < -0.3 is 9.88 Å². The van der Waals surface area contributed by atoms with Crippen LogP contribution >= 0.6 is 0 Å². The maximum atomic E-state index is 4.39. The molecule has 0 fully saturated rings. The molecule has 0 saturated heterocycles. The van der Waals surface area contributed by atoms with Crippen molar-refractivity contribution in [3.63, 3.8) is 0 Å². The number of nitrogens with zero attached hydrogens (tertiary/aromatic N) is 5. The molecule has 2 aromatic heterocycles. The summed E-state index contributed by atoms with van der Waals surface area (Å²) in [7, 11) is 0. The van der Waals surface area contributed by atoms with Gasteiger partial charge in [0.25, 0.3) is 0 Å². The van der Waals surface area contributed by atoms with Crippen LogP contribution in [-0.4, -0.2) is 30.9 Å². The topological polar surface area (TPSA) is 60.6 Å². The molecule has 0 aliphatic rings. The number of imidazole rings is 1. The van der Waals surface area contributed by atoms with Gasteiger partial charge in [-0.15, -0.1) is 0 Å². The van der Waals surface area contributed by atoms with E-state index in [9.17, 15) is 0 Å². The van der Waals surface area contributed by atoms with Crippen LogP contribution in [0.15, 0.2) is 12.5 Å². The number of rotatable bonds is 6. The summed E-state index contributed by atoms with van der Waals surface area (Å²) in [5.74, 6) is 1.97. The Morgan fingerprint density at radius 3 is 2.79 bits per heavy atom. The summed E-state index contributed by atoms with van der Waals surface area (Å²) in [6.07, 6.45) is 3.54. The summed E-state index contributed by atoms with van der Waals surface area (Å²) in [6, 6.07) is 0.318. The smallest absolute Gasteiger partial charge is 0.147 e. The minimum atomic E-state index is 0.318. The first-order valence-electron chi connectivity index (χ1n) is 6.73. The summed E-state index contributed by atoms with van der Waals surface area (Å²) < 4.78 is 4.14. The molecule has 104 valence electrons.